The highest BCUT2D eigenvalue weighted by atomic mass is 28.3. The van der Waals surface area contributed by atoms with Crippen LogP contribution < -0.4 is 20.9 Å². The third-order valence-electron chi connectivity index (χ3n) is 12.5. The average Bonchev–Trinajstić information content (AvgIpc) is 3.77. The van der Waals surface area contributed by atoms with Crippen LogP contribution in [0.5, 0.6) is 0 Å². The summed E-state index contributed by atoms with van der Waals surface area (Å²) in [6.07, 6.45) is 10.4. The highest BCUT2D eigenvalue weighted by Crippen LogP contribution is 2.39. The minimum atomic E-state index is -1.94. The zero-order valence-electron chi connectivity index (χ0n) is 34.1. The molecule has 0 saturated carbocycles. The summed E-state index contributed by atoms with van der Waals surface area (Å²) in [5.74, 6) is 0. The summed E-state index contributed by atoms with van der Waals surface area (Å²) < 4.78 is 4.77. The third kappa shape index (κ3) is 6.00. The van der Waals surface area contributed by atoms with Crippen molar-refractivity contribution < 1.29 is 0 Å². The number of allylic oxidation sites excluding steroid dienone is 3. The van der Waals surface area contributed by atoms with Crippen LogP contribution in [0.1, 0.15) is 12.5 Å². The van der Waals surface area contributed by atoms with E-state index in [4.69, 9.17) is 0 Å². The number of rotatable bonds is 8. The minimum absolute atomic E-state index is 1.14. The molecule has 0 spiro atoms. The van der Waals surface area contributed by atoms with Gasteiger partial charge in [-0.15, -0.1) is 0 Å². The summed E-state index contributed by atoms with van der Waals surface area (Å²) in [7, 11) is -1.94. The van der Waals surface area contributed by atoms with Gasteiger partial charge in [0.1, 0.15) is 8.07 Å². The van der Waals surface area contributed by atoms with Crippen LogP contribution in [0.2, 0.25) is 13.1 Å². The Morgan fingerprint density at radius 2 is 0.915 bits per heavy atom. The first kappa shape index (κ1) is 36.4. The predicted octanol–water partition coefficient (Wildman–Crippen LogP) is 12.1. The first-order valence-corrected chi connectivity index (χ1v) is 23.6. The van der Waals surface area contributed by atoms with E-state index in [1.54, 1.807) is 0 Å². The Balaban J connectivity index is 0.895. The molecule has 2 nitrogen and oxygen atoms in total. The fourth-order valence-corrected chi connectivity index (χ4v) is 11.7. The number of nitrogens with zero attached hydrogens (tertiary/aromatic N) is 2. The summed E-state index contributed by atoms with van der Waals surface area (Å²) >= 11 is 0. The molecule has 0 unspecified atom stereocenters. The Bertz CT molecular complexity index is 3270. The number of aromatic nitrogens is 2. The monoisotopic (exact) mass is 774 g/mol. The highest BCUT2D eigenvalue weighted by molar-refractivity contribution is 7.00. The van der Waals surface area contributed by atoms with Crippen LogP contribution in [0.3, 0.4) is 0 Å². The van der Waals surface area contributed by atoms with Crippen molar-refractivity contribution >= 4 is 74.1 Å². The van der Waals surface area contributed by atoms with Crippen LogP contribution in [0.15, 0.2) is 189 Å². The van der Waals surface area contributed by atoms with E-state index >= 15 is 0 Å². The average molecular weight is 775 g/mol. The highest BCUT2D eigenvalue weighted by Gasteiger charge is 2.26. The first-order valence-electron chi connectivity index (χ1n) is 20.6. The van der Waals surface area contributed by atoms with Gasteiger partial charge in [-0.25, -0.2) is 0 Å². The molecule has 59 heavy (non-hydrogen) atoms. The molecule has 0 bridgehead atoms. The van der Waals surface area contributed by atoms with E-state index in [9.17, 15) is 0 Å². The second-order valence-electron chi connectivity index (χ2n) is 16.2. The molecular weight excluding hydrogens is 729 g/mol. The lowest BCUT2D eigenvalue weighted by atomic mass is 10.0. The van der Waals surface area contributed by atoms with E-state index in [0.29, 0.717) is 0 Å². The molecule has 0 aliphatic rings. The second kappa shape index (κ2) is 14.5. The molecule has 0 aliphatic carbocycles. The van der Waals surface area contributed by atoms with Crippen molar-refractivity contribution in [1.29, 1.82) is 0 Å². The number of benzene rings is 8. The molecule has 0 amide bonds. The summed E-state index contributed by atoms with van der Waals surface area (Å²) in [5, 5.41) is 11.8. The summed E-state index contributed by atoms with van der Waals surface area (Å²) in [4.78, 5) is 0. The van der Waals surface area contributed by atoms with Gasteiger partial charge >= 0.3 is 0 Å². The Morgan fingerprint density at radius 3 is 1.39 bits per heavy atom. The van der Waals surface area contributed by atoms with Crippen molar-refractivity contribution in [2.24, 2.45) is 0 Å². The van der Waals surface area contributed by atoms with Crippen LogP contribution in [0.25, 0.3) is 89.3 Å². The van der Waals surface area contributed by atoms with Gasteiger partial charge in [-0.1, -0.05) is 176 Å². The summed E-state index contributed by atoms with van der Waals surface area (Å²) in [6, 6.07) is 61.0. The van der Waals surface area contributed by atoms with Crippen molar-refractivity contribution in [2.45, 2.75) is 26.9 Å². The van der Waals surface area contributed by atoms with Gasteiger partial charge in [0.2, 0.25) is 0 Å². The topological polar surface area (TPSA) is 9.86 Å². The van der Waals surface area contributed by atoms with Crippen LogP contribution in [0, 0.1) is 6.92 Å². The van der Waals surface area contributed by atoms with Crippen LogP contribution in [-0.4, -0.2) is 17.2 Å². The number of fused-ring (bicyclic) bond motifs is 1. The lowest BCUT2D eigenvalue weighted by Gasteiger charge is -2.24. The molecule has 10 rings (SSSR count). The smallest absolute Gasteiger partial charge is 0.112 e. The van der Waals surface area contributed by atoms with Gasteiger partial charge in [-0.2, -0.15) is 0 Å². The quantitative estimate of drug-likeness (QED) is 0.107. The third-order valence-corrected chi connectivity index (χ3v) is 16.1. The molecule has 2 aromatic heterocycles. The fraction of sp³-hybridized carbons (Fsp3) is 0.0714. The Hall–Kier alpha value is -6.94. The van der Waals surface area contributed by atoms with Gasteiger partial charge in [0.05, 0.1) is 16.6 Å². The van der Waals surface area contributed by atoms with E-state index < -0.39 is 8.07 Å². The normalized spacial score (nSPS) is 12.9. The van der Waals surface area contributed by atoms with Gasteiger partial charge in [0.15, 0.2) is 0 Å². The predicted molar refractivity (Wildman–Crippen MR) is 258 cm³/mol. The molecule has 284 valence electrons. The van der Waals surface area contributed by atoms with Gasteiger partial charge in [0.25, 0.3) is 0 Å². The lowest BCUT2D eigenvalue weighted by molar-refractivity contribution is 1.07. The largest absolute Gasteiger partial charge is 0.310 e. The lowest BCUT2D eigenvalue weighted by Crippen LogP contribution is -2.52. The van der Waals surface area contributed by atoms with Crippen LogP contribution >= 0.6 is 0 Å². The maximum atomic E-state index is 4.03. The Morgan fingerprint density at radius 1 is 0.475 bits per heavy atom. The van der Waals surface area contributed by atoms with E-state index in [2.05, 4.69) is 231 Å². The minimum Gasteiger partial charge on any atom is -0.310 e. The molecule has 0 atom stereocenters. The van der Waals surface area contributed by atoms with E-state index in [0.717, 1.165) is 11.0 Å². The van der Waals surface area contributed by atoms with Gasteiger partial charge in [0, 0.05) is 32.9 Å². The molecule has 8 aromatic carbocycles. The number of hydrogen-bond acceptors (Lipinski definition) is 0. The molecule has 0 N–H and O–H groups in total. The van der Waals surface area contributed by atoms with Crippen molar-refractivity contribution in [3.8, 4) is 33.6 Å². The summed E-state index contributed by atoms with van der Waals surface area (Å²) in [5.41, 5.74) is 12.2. The SMILES string of the molecule is C=C/C=c1\c(C)c2/c(=C\C=C\C)cccc2n1-c1ccc(-c2ccc([Si](C)(C)c3ccc(-c4ccc(-n5c6cccc7ccc8cccc5c8c76)cc4)cc3)cc2)cc1. The standard InChI is InChI=1S/C56H46N2Si/c1-6-8-13-43-14-9-17-51-54(43)38(3)50(12-7-2)57(51)46-30-22-39(23-31-46)41-26-34-48(35-27-41)59(4,5)49-36-28-42(29-37-49)40-24-32-47(33-25-40)58-52-18-10-15-44-20-21-45-16-11-19-53(58)56(45)55(44)52/h6-37H,2H2,1,3-5H3/b8-6+,43-13-,50-12+. The maximum absolute atomic E-state index is 4.03. The number of hydrogen-bond donors (Lipinski definition) is 0. The molecule has 0 fully saturated rings. The summed E-state index contributed by atoms with van der Waals surface area (Å²) in [6.45, 7) is 13.2. The van der Waals surface area contributed by atoms with Crippen LogP contribution in [-0.2, 0) is 0 Å². The van der Waals surface area contributed by atoms with Gasteiger partial charge in [-0.05, 0) is 106 Å². The second-order valence-corrected chi connectivity index (χ2v) is 20.6. The molecule has 2 heterocycles. The van der Waals surface area contributed by atoms with Crippen LogP contribution in [0.4, 0.5) is 0 Å². The molecular formula is C56H46N2Si. The van der Waals surface area contributed by atoms with E-state index in [1.807, 2.05) is 6.08 Å². The zero-order chi connectivity index (χ0) is 40.3. The molecule has 10 aromatic rings. The van der Waals surface area contributed by atoms with Gasteiger partial charge in [-0.3, -0.25) is 0 Å². The van der Waals surface area contributed by atoms with E-state index in [1.165, 1.54) is 92.6 Å². The molecule has 0 aliphatic heterocycles. The number of aryl methyl sites for hydroxylation is 1. The maximum Gasteiger partial charge on any atom is 0.112 e. The van der Waals surface area contributed by atoms with Crippen molar-refractivity contribution in [3.63, 3.8) is 0 Å². The fourth-order valence-electron chi connectivity index (χ4n) is 9.34. The van der Waals surface area contributed by atoms with Crippen molar-refractivity contribution in [2.75, 3.05) is 0 Å². The zero-order valence-corrected chi connectivity index (χ0v) is 35.1. The van der Waals surface area contributed by atoms with Crippen molar-refractivity contribution in [1.82, 2.24) is 9.13 Å². The first-order chi connectivity index (χ1) is 28.9. The molecule has 3 heteroatoms. The molecule has 0 saturated heterocycles. The Kier molecular flexibility index (Phi) is 8.92. The molecule has 0 radical (unpaired) electrons. The van der Waals surface area contributed by atoms with Gasteiger partial charge < -0.3 is 9.13 Å². The van der Waals surface area contributed by atoms with E-state index in [-0.39, 0.29) is 0 Å². The van der Waals surface area contributed by atoms with Crippen molar-refractivity contribution in [3.05, 3.63) is 205 Å². The Labute approximate surface area is 347 Å².